The number of aryl methyl sites for hydroxylation is 1. The Morgan fingerprint density at radius 3 is 2.00 bits per heavy atom. The smallest absolute Gasteiger partial charge is 0.264 e. The summed E-state index contributed by atoms with van der Waals surface area (Å²) in [5, 5.41) is 2.63. The third-order valence-electron chi connectivity index (χ3n) is 6.10. The van der Waals surface area contributed by atoms with Gasteiger partial charge in [-0.05, 0) is 80.4 Å². The average molecular weight is 546 g/mol. The summed E-state index contributed by atoms with van der Waals surface area (Å²) in [6, 6.07) is 16.8. The summed E-state index contributed by atoms with van der Waals surface area (Å²) in [6.45, 7) is 2.28. The standard InChI is InChI=1S/C26H28FN3O5S2/c1-20-5-11-23(12-6-20)30(37(34,35)25-13-7-21(27)8-14-25)19-26(31)28-22-9-15-24(16-10-22)36(32,33)29-17-3-2-4-18-29/h5-16H,2-4,17-19H2,1H3,(H,28,31). The number of hydrogen-bond donors (Lipinski definition) is 1. The number of nitrogens with one attached hydrogen (secondary N) is 1. The molecule has 0 unspecified atom stereocenters. The number of amides is 1. The van der Waals surface area contributed by atoms with Crippen LogP contribution in [0.25, 0.3) is 0 Å². The van der Waals surface area contributed by atoms with E-state index in [0.29, 0.717) is 18.8 Å². The molecular formula is C26H28FN3O5S2. The largest absolute Gasteiger partial charge is 0.325 e. The quantitative estimate of drug-likeness (QED) is 0.458. The topological polar surface area (TPSA) is 104 Å². The first-order chi connectivity index (χ1) is 17.6. The van der Waals surface area contributed by atoms with Crippen LogP contribution in [0, 0.1) is 12.7 Å². The maximum Gasteiger partial charge on any atom is 0.264 e. The molecule has 196 valence electrons. The Balaban J connectivity index is 1.53. The molecule has 0 aliphatic carbocycles. The molecule has 0 atom stereocenters. The first kappa shape index (κ1) is 26.8. The van der Waals surface area contributed by atoms with Crippen molar-refractivity contribution in [3.05, 3.63) is 84.2 Å². The highest BCUT2D eigenvalue weighted by molar-refractivity contribution is 7.92. The summed E-state index contributed by atoms with van der Waals surface area (Å²) in [6.07, 6.45) is 2.66. The summed E-state index contributed by atoms with van der Waals surface area (Å²) in [7, 11) is -7.80. The maximum absolute atomic E-state index is 13.4. The van der Waals surface area contributed by atoms with Crippen molar-refractivity contribution in [2.75, 3.05) is 29.3 Å². The molecule has 1 saturated heterocycles. The summed E-state index contributed by atoms with van der Waals surface area (Å²) < 4.78 is 68.3. The second kappa shape index (κ2) is 11.0. The highest BCUT2D eigenvalue weighted by atomic mass is 32.2. The molecule has 3 aromatic carbocycles. The Hall–Kier alpha value is -3.28. The van der Waals surface area contributed by atoms with Crippen molar-refractivity contribution in [3.63, 3.8) is 0 Å². The molecule has 1 amide bonds. The van der Waals surface area contributed by atoms with Gasteiger partial charge in [0.25, 0.3) is 10.0 Å². The van der Waals surface area contributed by atoms with Crippen LogP contribution in [0.4, 0.5) is 15.8 Å². The van der Waals surface area contributed by atoms with Crippen LogP contribution in [0.5, 0.6) is 0 Å². The monoisotopic (exact) mass is 545 g/mol. The molecule has 1 aliphatic rings. The molecular weight excluding hydrogens is 517 g/mol. The minimum atomic E-state index is -4.19. The Morgan fingerprint density at radius 1 is 0.838 bits per heavy atom. The van der Waals surface area contributed by atoms with Gasteiger partial charge in [-0.15, -0.1) is 0 Å². The highest BCUT2D eigenvalue weighted by Gasteiger charge is 2.28. The molecule has 0 aromatic heterocycles. The molecule has 0 bridgehead atoms. The van der Waals surface area contributed by atoms with Crippen molar-refractivity contribution in [3.8, 4) is 0 Å². The minimum absolute atomic E-state index is 0.132. The van der Waals surface area contributed by atoms with Gasteiger partial charge in [-0.1, -0.05) is 24.1 Å². The van der Waals surface area contributed by atoms with Gasteiger partial charge in [-0.2, -0.15) is 4.31 Å². The number of carbonyl (C=O) groups excluding carboxylic acids is 1. The van der Waals surface area contributed by atoms with Gasteiger partial charge < -0.3 is 5.32 Å². The van der Waals surface area contributed by atoms with Gasteiger partial charge in [0.05, 0.1) is 15.5 Å². The predicted octanol–water partition coefficient (Wildman–Crippen LogP) is 4.14. The van der Waals surface area contributed by atoms with Crippen LogP contribution in [0.15, 0.2) is 82.6 Å². The number of sulfonamides is 2. The first-order valence-corrected chi connectivity index (χ1v) is 14.7. The van der Waals surface area contributed by atoms with E-state index in [1.807, 2.05) is 6.92 Å². The summed E-state index contributed by atoms with van der Waals surface area (Å²) in [5.41, 5.74) is 1.51. The number of carbonyl (C=O) groups is 1. The van der Waals surface area contributed by atoms with E-state index >= 15 is 0 Å². The van der Waals surface area contributed by atoms with Gasteiger partial charge in [0, 0.05) is 18.8 Å². The predicted molar refractivity (Wildman–Crippen MR) is 140 cm³/mol. The summed E-state index contributed by atoms with van der Waals surface area (Å²) >= 11 is 0. The zero-order valence-corrected chi connectivity index (χ0v) is 21.9. The maximum atomic E-state index is 13.4. The van der Waals surface area contributed by atoms with Crippen LogP contribution in [-0.2, 0) is 24.8 Å². The van der Waals surface area contributed by atoms with E-state index in [1.165, 1.54) is 28.6 Å². The molecule has 0 saturated carbocycles. The van der Waals surface area contributed by atoms with Gasteiger partial charge in [0.1, 0.15) is 12.4 Å². The third kappa shape index (κ3) is 6.17. The Bertz CT molecular complexity index is 1450. The Kier molecular flexibility index (Phi) is 7.96. The van der Waals surface area contributed by atoms with Crippen LogP contribution < -0.4 is 9.62 Å². The molecule has 4 rings (SSSR count). The number of anilines is 2. The molecule has 1 aliphatic heterocycles. The van der Waals surface area contributed by atoms with E-state index in [0.717, 1.165) is 53.4 Å². The average Bonchev–Trinajstić information content (AvgIpc) is 2.89. The van der Waals surface area contributed by atoms with Crippen molar-refractivity contribution in [1.29, 1.82) is 0 Å². The minimum Gasteiger partial charge on any atom is -0.325 e. The second-order valence-electron chi connectivity index (χ2n) is 8.84. The Morgan fingerprint density at radius 2 is 1.41 bits per heavy atom. The number of rotatable bonds is 8. The van der Waals surface area contributed by atoms with E-state index in [9.17, 15) is 26.0 Å². The molecule has 3 aromatic rings. The lowest BCUT2D eigenvalue weighted by Gasteiger charge is -2.26. The number of benzene rings is 3. The van der Waals surface area contributed by atoms with Gasteiger partial charge in [0.15, 0.2) is 0 Å². The molecule has 0 spiro atoms. The van der Waals surface area contributed by atoms with E-state index in [2.05, 4.69) is 5.32 Å². The zero-order valence-electron chi connectivity index (χ0n) is 20.3. The van der Waals surface area contributed by atoms with Crippen molar-refractivity contribution < 1.29 is 26.0 Å². The molecule has 37 heavy (non-hydrogen) atoms. The molecule has 1 heterocycles. The number of piperidine rings is 1. The molecule has 0 radical (unpaired) electrons. The van der Waals surface area contributed by atoms with Gasteiger partial charge >= 0.3 is 0 Å². The summed E-state index contributed by atoms with van der Waals surface area (Å²) in [5.74, 6) is -1.21. The van der Waals surface area contributed by atoms with Crippen LogP contribution in [0.2, 0.25) is 0 Å². The van der Waals surface area contributed by atoms with Gasteiger partial charge in [-0.3, -0.25) is 9.10 Å². The highest BCUT2D eigenvalue weighted by Crippen LogP contribution is 2.25. The number of hydrogen-bond acceptors (Lipinski definition) is 5. The normalized spacial score (nSPS) is 14.8. The molecule has 8 nitrogen and oxygen atoms in total. The van der Waals surface area contributed by atoms with E-state index in [4.69, 9.17) is 0 Å². The van der Waals surface area contributed by atoms with Crippen LogP contribution >= 0.6 is 0 Å². The van der Waals surface area contributed by atoms with Crippen molar-refractivity contribution in [2.24, 2.45) is 0 Å². The molecule has 1 N–H and O–H groups in total. The Labute approximate surface area is 216 Å². The fraction of sp³-hybridized carbons (Fsp3) is 0.269. The fourth-order valence-corrected chi connectivity index (χ4v) is 6.99. The lowest BCUT2D eigenvalue weighted by molar-refractivity contribution is -0.114. The molecule has 1 fully saturated rings. The number of nitrogens with zero attached hydrogens (tertiary/aromatic N) is 2. The van der Waals surface area contributed by atoms with E-state index in [-0.39, 0.29) is 15.5 Å². The molecule has 11 heteroatoms. The van der Waals surface area contributed by atoms with Crippen molar-refractivity contribution in [1.82, 2.24) is 4.31 Å². The summed E-state index contributed by atoms with van der Waals surface area (Å²) in [4.78, 5) is 12.9. The van der Waals surface area contributed by atoms with Crippen molar-refractivity contribution >= 4 is 37.3 Å². The van der Waals surface area contributed by atoms with Gasteiger partial charge in [0.2, 0.25) is 15.9 Å². The SMILES string of the molecule is Cc1ccc(N(CC(=O)Nc2ccc(S(=O)(=O)N3CCCCC3)cc2)S(=O)(=O)c2ccc(F)cc2)cc1. The lowest BCUT2D eigenvalue weighted by atomic mass is 10.2. The number of halogens is 1. The van der Waals surface area contributed by atoms with Crippen LogP contribution in [-0.4, -0.2) is 46.7 Å². The zero-order chi connectivity index (χ0) is 26.6. The van der Waals surface area contributed by atoms with Gasteiger partial charge in [-0.25, -0.2) is 21.2 Å². The van der Waals surface area contributed by atoms with E-state index < -0.39 is 38.3 Å². The first-order valence-electron chi connectivity index (χ1n) is 11.8. The second-order valence-corrected chi connectivity index (χ2v) is 12.6. The lowest BCUT2D eigenvalue weighted by Crippen LogP contribution is -2.38. The van der Waals surface area contributed by atoms with Crippen LogP contribution in [0.3, 0.4) is 0 Å². The van der Waals surface area contributed by atoms with Crippen LogP contribution in [0.1, 0.15) is 24.8 Å². The van der Waals surface area contributed by atoms with E-state index in [1.54, 1.807) is 24.3 Å². The third-order valence-corrected chi connectivity index (χ3v) is 9.80. The van der Waals surface area contributed by atoms with Crippen molar-refractivity contribution in [2.45, 2.75) is 36.0 Å². The fourth-order valence-electron chi connectivity index (χ4n) is 4.06.